The quantitative estimate of drug-likeness (QED) is 0.0425. The summed E-state index contributed by atoms with van der Waals surface area (Å²) >= 11 is 0. The second kappa shape index (κ2) is 38.8. The van der Waals surface area contributed by atoms with Crippen LogP contribution in [0.15, 0.2) is 30.3 Å². The van der Waals surface area contributed by atoms with E-state index < -0.39 is 175 Å². The highest BCUT2D eigenvalue weighted by Gasteiger charge is 2.39. The molecular formula is C59H98N10O15. The highest BCUT2D eigenvalue weighted by Crippen LogP contribution is 2.21. The largest absolute Gasteiger partial charge is 0.393 e. The molecule has 0 bridgehead atoms. The minimum absolute atomic E-state index is 0.0124. The van der Waals surface area contributed by atoms with Crippen LogP contribution in [0, 0.1) is 29.6 Å². The van der Waals surface area contributed by atoms with Crippen molar-refractivity contribution in [3.05, 3.63) is 35.9 Å². The number of hydrogen-bond acceptors (Lipinski definition) is 18. The molecule has 0 aromatic heterocycles. The molecule has 0 aliphatic carbocycles. The van der Waals surface area contributed by atoms with Gasteiger partial charge in [0.1, 0.15) is 30.0 Å². The molecule has 84 heavy (non-hydrogen) atoms. The molecule has 1 aliphatic rings. The molecule has 1 fully saturated rings. The topological polar surface area (TPSA) is 431 Å². The number of amides is 7. The maximum atomic E-state index is 14.6. The molecule has 0 saturated carbocycles. The molecule has 1 saturated heterocycles. The third kappa shape index (κ3) is 26.0. The number of aliphatic hydroxyl groups is 4. The SMILES string of the molecule is CCCCCCCC(=O)C[C@H](C(=O)N[C@H](C(=O)C[C@@H](C(=O)N[C@H]1CCNC(=O)[C@H]([C@@H](C)O)NC(=O)[C@H](CCN)CC(=O)[C@H](CCN)NC(=O)[C@H](CC(C)C)NC(=O)[C@@H](Cc2ccccc2)CC(=O)[C@H](CCN)NC1=O)[C@@H](C)O)[C@@H](C)O)[C@@H](C)O. The summed E-state index contributed by atoms with van der Waals surface area (Å²) < 4.78 is 0. The van der Waals surface area contributed by atoms with E-state index in [-0.39, 0.29) is 76.3 Å². The van der Waals surface area contributed by atoms with Crippen LogP contribution in [0.2, 0.25) is 0 Å². The molecular weight excluding hydrogens is 1090 g/mol. The number of Topliss-reactive ketones (excluding diaryl/α,β-unsaturated/α-hetero) is 4. The zero-order valence-electron chi connectivity index (χ0n) is 50.2. The fourth-order valence-electron chi connectivity index (χ4n) is 9.94. The Morgan fingerprint density at radius 1 is 0.607 bits per heavy atom. The van der Waals surface area contributed by atoms with E-state index in [1.54, 1.807) is 30.3 Å². The molecule has 0 radical (unpaired) electrons. The average Bonchev–Trinajstić information content (AvgIpc) is 3.53. The first-order valence-corrected chi connectivity index (χ1v) is 29.8. The lowest BCUT2D eigenvalue weighted by Crippen LogP contribution is -2.57. The molecule has 1 aliphatic heterocycles. The Balaban J connectivity index is 2.69. The summed E-state index contributed by atoms with van der Waals surface area (Å²) in [7, 11) is 0. The van der Waals surface area contributed by atoms with Crippen LogP contribution in [0.1, 0.15) is 150 Å². The van der Waals surface area contributed by atoms with Gasteiger partial charge >= 0.3 is 0 Å². The monoisotopic (exact) mass is 1190 g/mol. The van der Waals surface area contributed by atoms with Crippen molar-refractivity contribution in [1.29, 1.82) is 0 Å². The summed E-state index contributed by atoms with van der Waals surface area (Å²) in [6.07, 6.45) is -4.44. The fourth-order valence-corrected chi connectivity index (χ4v) is 9.94. The van der Waals surface area contributed by atoms with E-state index >= 15 is 0 Å². The van der Waals surface area contributed by atoms with Crippen molar-refractivity contribution in [2.45, 2.75) is 212 Å². The Labute approximate surface area is 494 Å². The minimum Gasteiger partial charge on any atom is -0.393 e. The van der Waals surface area contributed by atoms with E-state index in [1.807, 2.05) is 13.8 Å². The Hall–Kier alpha value is -6.09. The lowest BCUT2D eigenvalue weighted by atomic mass is 9.89. The van der Waals surface area contributed by atoms with Gasteiger partial charge in [-0.15, -0.1) is 0 Å². The highest BCUT2D eigenvalue weighted by molar-refractivity contribution is 5.99. The number of ketones is 4. The first kappa shape index (κ1) is 74.0. The van der Waals surface area contributed by atoms with E-state index in [0.717, 1.165) is 25.7 Å². The van der Waals surface area contributed by atoms with Crippen LogP contribution >= 0.6 is 0 Å². The number of carbonyl (C=O) groups is 11. The number of carbonyl (C=O) groups excluding carboxylic acids is 11. The smallest absolute Gasteiger partial charge is 0.245 e. The van der Waals surface area contributed by atoms with Crippen molar-refractivity contribution in [3.63, 3.8) is 0 Å². The van der Waals surface area contributed by atoms with Crippen molar-refractivity contribution in [1.82, 2.24) is 37.2 Å². The molecule has 0 spiro atoms. The highest BCUT2D eigenvalue weighted by atomic mass is 16.3. The van der Waals surface area contributed by atoms with Gasteiger partial charge in [-0.05, 0) is 104 Å². The van der Waals surface area contributed by atoms with Crippen LogP contribution in [0.5, 0.6) is 0 Å². The predicted octanol–water partition coefficient (Wildman–Crippen LogP) is -1.06. The van der Waals surface area contributed by atoms with Crippen LogP contribution in [0.4, 0.5) is 0 Å². The zero-order chi connectivity index (χ0) is 63.2. The van der Waals surface area contributed by atoms with E-state index in [0.29, 0.717) is 12.0 Å². The van der Waals surface area contributed by atoms with Gasteiger partial charge in [-0.1, -0.05) is 76.8 Å². The summed E-state index contributed by atoms with van der Waals surface area (Å²) in [5.74, 6) is -14.3. The summed E-state index contributed by atoms with van der Waals surface area (Å²) in [5.41, 5.74) is 18.4. The molecule has 25 heteroatoms. The molecule has 1 aromatic rings. The molecule has 1 aromatic carbocycles. The number of aliphatic hydroxyl groups excluding tert-OH is 4. The fraction of sp³-hybridized carbons (Fsp3) is 0.712. The molecule has 7 amide bonds. The van der Waals surface area contributed by atoms with Gasteiger partial charge in [0.2, 0.25) is 41.4 Å². The van der Waals surface area contributed by atoms with Gasteiger partial charge in [-0.2, -0.15) is 0 Å². The van der Waals surface area contributed by atoms with Crippen LogP contribution in [-0.4, -0.2) is 172 Å². The zero-order valence-corrected chi connectivity index (χ0v) is 50.2. The Morgan fingerprint density at radius 2 is 1.14 bits per heavy atom. The van der Waals surface area contributed by atoms with Gasteiger partial charge in [-0.25, -0.2) is 0 Å². The van der Waals surface area contributed by atoms with Crippen LogP contribution < -0.4 is 54.4 Å². The first-order chi connectivity index (χ1) is 39.7. The molecule has 1 heterocycles. The average molecular weight is 1190 g/mol. The van der Waals surface area contributed by atoms with Crippen molar-refractivity contribution < 1.29 is 73.2 Å². The molecule has 0 unspecified atom stereocenters. The second-order valence-electron chi connectivity index (χ2n) is 22.8. The Bertz CT molecular complexity index is 2300. The van der Waals surface area contributed by atoms with Gasteiger partial charge in [0.25, 0.3) is 0 Å². The van der Waals surface area contributed by atoms with E-state index in [1.165, 1.54) is 27.7 Å². The van der Waals surface area contributed by atoms with Crippen molar-refractivity contribution >= 4 is 64.5 Å². The predicted molar refractivity (Wildman–Crippen MR) is 312 cm³/mol. The summed E-state index contributed by atoms with van der Waals surface area (Å²) in [6, 6.07) is -0.231. The summed E-state index contributed by atoms with van der Waals surface area (Å²) in [6.45, 7) is 9.77. The van der Waals surface area contributed by atoms with Crippen LogP contribution in [0.3, 0.4) is 0 Å². The summed E-state index contributed by atoms with van der Waals surface area (Å²) in [5, 5.41) is 61.1. The maximum absolute atomic E-state index is 14.6. The maximum Gasteiger partial charge on any atom is 0.245 e. The number of rotatable bonds is 29. The van der Waals surface area contributed by atoms with Gasteiger partial charge in [0.15, 0.2) is 17.3 Å². The van der Waals surface area contributed by atoms with E-state index in [2.05, 4.69) is 44.1 Å². The second-order valence-corrected chi connectivity index (χ2v) is 22.8. The van der Waals surface area contributed by atoms with Gasteiger partial charge < -0.3 is 74.8 Å². The number of nitrogens with two attached hydrogens (primary N) is 3. The third-order valence-corrected chi connectivity index (χ3v) is 15.0. The standard InChI is InChI=1S/C59H98N10O15/c1-8-9-10-11-15-18-41(74)31-42(34(4)70)56(81)68-51(36(6)72)50(77)32-43(35(5)71)55(80)66-46-22-26-63-59(84)52(37(7)73)69-53(78)39(19-23-60)29-48(75)44(20-24-61)65-58(83)47(27-33(2)3)67-54(79)40(28-38-16-13-12-14-17-38)30-49(76)45(21-25-62)64-57(46)82/h12-14,16-17,33-37,39-40,42-47,51-52,70-73H,8-11,15,18-32,60-62H2,1-7H3,(H,63,84)(H,64,82)(H,65,83)(H,66,80)(H,67,79)(H,68,81)(H,69,78)/t34-,35-,36-,37-,39-,40+,42+,43-,44+,45+,46+,47+,51+,52+/m1/s1. The van der Waals surface area contributed by atoms with Gasteiger partial charge in [0, 0.05) is 50.5 Å². The number of benzene rings is 1. The molecule has 474 valence electrons. The molecule has 2 rings (SSSR count). The number of unbranched alkanes of at least 4 members (excludes halogenated alkanes) is 4. The molecule has 14 atom stereocenters. The molecule has 25 nitrogen and oxygen atoms in total. The van der Waals surface area contributed by atoms with Gasteiger partial charge in [0.05, 0.1) is 48.3 Å². The van der Waals surface area contributed by atoms with E-state index in [4.69, 9.17) is 17.2 Å². The Kier molecular flexibility index (Phi) is 34.2. The lowest BCUT2D eigenvalue weighted by molar-refractivity contribution is -0.140. The first-order valence-electron chi connectivity index (χ1n) is 29.8. The van der Waals surface area contributed by atoms with Crippen LogP contribution in [0.25, 0.3) is 0 Å². The third-order valence-electron chi connectivity index (χ3n) is 15.0. The Morgan fingerprint density at radius 3 is 1.68 bits per heavy atom. The molecule has 17 N–H and O–H groups in total. The normalized spacial score (nSPS) is 23.7. The van der Waals surface area contributed by atoms with Crippen LogP contribution in [-0.2, 0) is 59.2 Å². The van der Waals surface area contributed by atoms with Gasteiger partial charge in [-0.3, -0.25) is 52.7 Å². The summed E-state index contributed by atoms with van der Waals surface area (Å²) in [4.78, 5) is 154. The van der Waals surface area contributed by atoms with Crippen molar-refractivity contribution in [2.75, 3.05) is 26.2 Å². The van der Waals surface area contributed by atoms with E-state index in [9.17, 15) is 73.2 Å². The number of hydrogen-bond donors (Lipinski definition) is 14. The van der Waals surface area contributed by atoms with Crippen molar-refractivity contribution in [3.8, 4) is 0 Å². The number of nitrogens with one attached hydrogen (secondary N) is 7. The minimum atomic E-state index is -1.70. The van der Waals surface area contributed by atoms with Crippen molar-refractivity contribution in [2.24, 2.45) is 46.8 Å². The lowest BCUT2D eigenvalue weighted by Gasteiger charge is -2.28.